The lowest BCUT2D eigenvalue weighted by Crippen LogP contribution is -2.30. The van der Waals surface area contributed by atoms with Crippen LogP contribution in [-0.4, -0.2) is 5.97 Å². The van der Waals surface area contributed by atoms with Crippen LogP contribution in [0.4, 0.5) is 0 Å². The van der Waals surface area contributed by atoms with Gasteiger partial charge in [-0.1, -0.05) is 77.9 Å². The third kappa shape index (κ3) is 2.64. The Morgan fingerprint density at radius 2 is 1.40 bits per heavy atom. The molecule has 1 aliphatic rings. The molecule has 0 spiro atoms. The molecule has 3 aromatic rings. The summed E-state index contributed by atoms with van der Waals surface area (Å²) in [4.78, 5) is 12.5. The van der Waals surface area contributed by atoms with Gasteiger partial charge in [0.15, 0.2) is 5.60 Å². The highest BCUT2D eigenvalue weighted by atomic mass is 16.6. The van der Waals surface area contributed by atoms with Gasteiger partial charge < -0.3 is 4.74 Å². The summed E-state index contributed by atoms with van der Waals surface area (Å²) >= 11 is 0. The van der Waals surface area contributed by atoms with Crippen molar-refractivity contribution in [3.05, 3.63) is 106 Å². The van der Waals surface area contributed by atoms with Crippen LogP contribution in [0.5, 0.6) is 0 Å². The highest BCUT2D eigenvalue weighted by molar-refractivity contribution is 5.95. The number of aryl methyl sites for hydroxylation is 2. The predicted molar refractivity (Wildman–Crippen MR) is 98.7 cm³/mol. The summed E-state index contributed by atoms with van der Waals surface area (Å²) in [5.41, 5.74) is 5.41. The lowest BCUT2D eigenvalue weighted by Gasteiger charge is -2.30. The highest BCUT2D eigenvalue weighted by Gasteiger charge is 2.46. The Morgan fingerprint density at radius 3 is 2.08 bits per heavy atom. The molecule has 3 aromatic carbocycles. The highest BCUT2D eigenvalue weighted by Crippen LogP contribution is 2.44. The van der Waals surface area contributed by atoms with E-state index in [0.29, 0.717) is 12.0 Å². The molecule has 2 nitrogen and oxygen atoms in total. The summed E-state index contributed by atoms with van der Waals surface area (Å²) in [6.07, 6.45) is 0.624. The Kier molecular flexibility index (Phi) is 3.69. The maximum absolute atomic E-state index is 12.5. The number of carbonyl (C=O) groups excluding carboxylic acids is 1. The molecule has 0 saturated carbocycles. The zero-order chi connectivity index (χ0) is 17.4. The van der Waals surface area contributed by atoms with Crippen molar-refractivity contribution in [1.29, 1.82) is 0 Å². The number of hydrogen-bond donors (Lipinski definition) is 0. The summed E-state index contributed by atoms with van der Waals surface area (Å²) in [6.45, 7) is 4.13. The monoisotopic (exact) mass is 328 g/mol. The molecule has 0 aromatic heterocycles. The molecule has 4 rings (SSSR count). The number of esters is 1. The molecule has 0 aliphatic carbocycles. The van der Waals surface area contributed by atoms with Crippen molar-refractivity contribution in [1.82, 2.24) is 0 Å². The zero-order valence-corrected chi connectivity index (χ0v) is 14.5. The first-order valence-electron chi connectivity index (χ1n) is 8.54. The van der Waals surface area contributed by atoms with Gasteiger partial charge in [0.2, 0.25) is 0 Å². The minimum Gasteiger partial charge on any atom is -0.445 e. The average molecular weight is 328 g/mol. The Hall–Kier alpha value is -2.87. The van der Waals surface area contributed by atoms with E-state index < -0.39 is 5.60 Å². The molecule has 0 amide bonds. The van der Waals surface area contributed by atoms with Crippen molar-refractivity contribution in [2.24, 2.45) is 0 Å². The molecular weight excluding hydrogens is 308 g/mol. The summed E-state index contributed by atoms with van der Waals surface area (Å²) < 4.78 is 6.04. The smallest absolute Gasteiger partial charge is 0.339 e. The van der Waals surface area contributed by atoms with Gasteiger partial charge in [-0.25, -0.2) is 4.79 Å². The lowest BCUT2D eigenvalue weighted by molar-refractivity contribution is 0.0109. The summed E-state index contributed by atoms with van der Waals surface area (Å²) in [5.74, 6) is -0.247. The van der Waals surface area contributed by atoms with E-state index >= 15 is 0 Å². The molecule has 0 radical (unpaired) electrons. The van der Waals surface area contributed by atoms with Gasteiger partial charge in [0.25, 0.3) is 0 Å². The quantitative estimate of drug-likeness (QED) is 0.635. The number of carbonyl (C=O) groups is 1. The van der Waals surface area contributed by atoms with Gasteiger partial charge in [-0.3, -0.25) is 0 Å². The second-order valence-electron chi connectivity index (χ2n) is 6.79. The van der Waals surface area contributed by atoms with Crippen molar-refractivity contribution < 1.29 is 9.53 Å². The molecule has 124 valence electrons. The molecular formula is C23H20O2. The van der Waals surface area contributed by atoms with Crippen molar-refractivity contribution >= 4 is 5.97 Å². The van der Waals surface area contributed by atoms with E-state index in [-0.39, 0.29) is 5.97 Å². The molecule has 0 N–H and O–H groups in total. The molecule has 0 fully saturated rings. The van der Waals surface area contributed by atoms with Gasteiger partial charge in [-0.2, -0.15) is 0 Å². The summed E-state index contributed by atoms with van der Waals surface area (Å²) in [7, 11) is 0. The van der Waals surface area contributed by atoms with Crippen molar-refractivity contribution in [2.75, 3.05) is 0 Å². The SMILES string of the molecule is Cc1ccc(CC2(c3ccc(C)cc3)OC(=O)c3ccccc32)cc1. The maximum Gasteiger partial charge on any atom is 0.339 e. The second kappa shape index (κ2) is 5.89. The first-order valence-corrected chi connectivity index (χ1v) is 8.54. The largest absolute Gasteiger partial charge is 0.445 e. The third-order valence-corrected chi connectivity index (χ3v) is 4.94. The fourth-order valence-electron chi connectivity index (χ4n) is 3.55. The Labute approximate surface area is 148 Å². The third-order valence-electron chi connectivity index (χ3n) is 4.94. The minimum atomic E-state index is -0.767. The van der Waals surface area contributed by atoms with Crippen LogP contribution in [0.15, 0.2) is 72.8 Å². The molecule has 1 unspecified atom stereocenters. The van der Waals surface area contributed by atoms with Gasteiger partial charge in [0.1, 0.15) is 0 Å². The van der Waals surface area contributed by atoms with Crippen molar-refractivity contribution in [3.8, 4) is 0 Å². The van der Waals surface area contributed by atoms with Crippen LogP contribution in [0.25, 0.3) is 0 Å². The fourth-order valence-corrected chi connectivity index (χ4v) is 3.55. The lowest BCUT2D eigenvalue weighted by atomic mass is 9.80. The van der Waals surface area contributed by atoms with Gasteiger partial charge >= 0.3 is 5.97 Å². The summed E-state index contributed by atoms with van der Waals surface area (Å²) in [5, 5.41) is 0. The van der Waals surface area contributed by atoms with Gasteiger partial charge in [-0.15, -0.1) is 0 Å². The number of cyclic esters (lactones) is 1. The van der Waals surface area contributed by atoms with E-state index in [2.05, 4.69) is 62.4 Å². The van der Waals surface area contributed by atoms with Crippen LogP contribution in [0.3, 0.4) is 0 Å². The van der Waals surface area contributed by atoms with E-state index in [1.165, 1.54) is 11.1 Å². The van der Waals surface area contributed by atoms with Gasteiger partial charge in [0, 0.05) is 17.5 Å². The second-order valence-corrected chi connectivity index (χ2v) is 6.79. The molecule has 25 heavy (non-hydrogen) atoms. The first kappa shape index (κ1) is 15.6. The number of ether oxygens (including phenoxy) is 1. The molecule has 0 bridgehead atoms. The van der Waals surface area contributed by atoms with Crippen LogP contribution < -0.4 is 0 Å². The minimum absolute atomic E-state index is 0.247. The zero-order valence-electron chi connectivity index (χ0n) is 14.5. The van der Waals surface area contributed by atoms with Crippen LogP contribution in [-0.2, 0) is 16.8 Å². The van der Waals surface area contributed by atoms with Gasteiger partial charge in [0.05, 0.1) is 5.56 Å². The summed E-state index contributed by atoms with van der Waals surface area (Å²) in [6, 6.07) is 24.4. The Morgan fingerprint density at radius 1 is 0.800 bits per heavy atom. The number of benzene rings is 3. The van der Waals surface area contributed by atoms with E-state index in [0.717, 1.165) is 16.7 Å². The number of rotatable bonds is 3. The van der Waals surface area contributed by atoms with Crippen LogP contribution in [0.1, 0.15) is 38.2 Å². The maximum atomic E-state index is 12.5. The fraction of sp³-hybridized carbons (Fsp3) is 0.174. The topological polar surface area (TPSA) is 26.3 Å². The van der Waals surface area contributed by atoms with Crippen molar-refractivity contribution in [2.45, 2.75) is 25.9 Å². The standard InChI is InChI=1S/C23H20O2/c1-16-7-11-18(12-8-16)15-23(19-13-9-17(2)10-14-19)21-6-4-3-5-20(21)22(24)25-23/h3-14H,15H2,1-2H3. The van der Waals surface area contributed by atoms with Crippen LogP contribution in [0, 0.1) is 13.8 Å². The van der Waals surface area contributed by atoms with E-state index in [1.54, 1.807) is 0 Å². The molecule has 1 aliphatic heterocycles. The van der Waals surface area contributed by atoms with E-state index in [1.807, 2.05) is 24.3 Å². The van der Waals surface area contributed by atoms with Crippen molar-refractivity contribution in [3.63, 3.8) is 0 Å². The van der Waals surface area contributed by atoms with E-state index in [9.17, 15) is 4.79 Å². The molecule has 2 heteroatoms. The normalized spacial score (nSPS) is 18.7. The molecule has 1 heterocycles. The predicted octanol–water partition coefficient (Wildman–Crippen LogP) is 4.96. The Balaban J connectivity index is 1.89. The van der Waals surface area contributed by atoms with Gasteiger partial charge in [-0.05, 0) is 25.5 Å². The molecule has 0 saturated heterocycles. The van der Waals surface area contributed by atoms with E-state index in [4.69, 9.17) is 4.74 Å². The first-order chi connectivity index (χ1) is 12.1. The number of fused-ring (bicyclic) bond motifs is 1. The molecule has 1 atom stereocenters. The average Bonchev–Trinajstić information content (AvgIpc) is 2.91. The number of hydrogen-bond acceptors (Lipinski definition) is 2. The van der Waals surface area contributed by atoms with Crippen LogP contribution >= 0.6 is 0 Å². The van der Waals surface area contributed by atoms with Crippen LogP contribution in [0.2, 0.25) is 0 Å². The Bertz CT molecular complexity index is 923.